The molecule has 1 aliphatic rings. The monoisotopic (exact) mass is 444 g/mol. The number of aromatic nitrogens is 1. The van der Waals surface area contributed by atoms with Crippen LogP contribution in [0.5, 0.6) is 0 Å². The first-order valence-corrected chi connectivity index (χ1v) is 12.3. The zero-order chi connectivity index (χ0) is 22.2. The molecule has 1 aliphatic heterocycles. The zero-order valence-corrected chi connectivity index (χ0v) is 20.0. The fraction of sp³-hybridized carbons (Fsp3) is 0.583. The highest BCUT2D eigenvalue weighted by atomic mass is 32.1. The molecule has 0 saturated carbocycles. The van der Waals surface area contributed by atoms with Gasteiger partial charge < -0.3 is 15.4 Å². The van der Waals surface area contributed by atoms with E-state index >= 15 is 0 Å². The van der Waals surface area contributed by atoms with Crippen LogP contribution in [0, 0.1) is 0 Å². The van der Waals surface area contributed by atoms with E-state index in [4.69, 9.17) is 4.74 Å². The number of ether oxygens (including phenoxy) is 1. The van der Waals surface area contributed by atoms with E-state index in [9.17, 15) is 4.79 Å². The van der Waals surface area contributed by atoms with Gasteiger partial charge in [0.05, 0.1) is 22.8 Å². The largest absolute Gasteiger partial charge is 0.377 e. The number of benzene rings is 1. The smallest absolute Gasteiger partial charge is 0.319 e. The molecule has 31 heavy (non-hydrogen) atoms. The summed E-state index contributed by atoms with van der Waals surface area (Å²) in [4.78, 5) is 19.4. The van der Waals surface area contributed by atoms with Crippen molar-refractivity contribution in [3.8, 4) is 0 Å². The molecule has 0 spiro atoms. The fourth-order valence-corrected chi connectivity index (χ4v) is 4.56. The number of rotatable bonds is 9. The van der Waals surface area contributed by atoms with Gasteiger partial charge in [-0.2, -0.15) is 0 Å². The third-order valence-corrected chi connectivity index (χ3v) is 6.71. The molecule has 2 heterocycles. The Morgan fingerprint density at radius 3 is 2.65 bits per heavy atom. The SMILES string of the molecule is CCc1nc([C@H](C)NC(=O)Nc2ccc(CN(C[C@@H]3CCCCO3)C(C)C)cc2)cs1. The number of thiazole rings is 1. The minimum atomic E-state index is -0.218. The number of carbonyl (C=O) groups is 1. The molecule has 1 fully saturated rings. The molecular weight excluding hydrogens is 408 g/mol. The van der Waals surface area contributed by atoms with E-state index in [0.717, 1.165) is 48.9 Å². The van der Waals surface area contributed by atoms with Crippen molar-refractivity contribution in [3.63, 3.8) is 0 Å². The highest BCUT2D eigenvalue weighted by Gasteiger charge is 2.20. The maximum atomic E-state index is 12.4. The van der Waals surface area contributed by atoms with Crippen molar-refractivity contribution in [2.24, 2.45) is 0 Å². The first kappa shape index (κ1) is 23.7. The summed E-state index contributed by atoms with van der Waals surface area (Å²) in [6.07, 6.45) is 4.86. The molecule has 0 unspecified atom stereocenters. The van der Waals surface area contributed by atoms with Gasteiger partial charge in [-0.15, -0.1) is 11.3 Å². The summed E-state index contributed by atoms with van der Waals surface area (Å²) in [5.41, 5.74) is 2.93. The Hall–Kier alpha value is -1.96. The average molecular weight is 445 g/mol. The summed E-state index contributed by atoms with van der Waals surface area (Å²) in [7, 11) is 0. The minimum Gasteiger partial charge on any atom is -0.377 e. The van der Waals surface area contributed by atoms with Crippen LogP contribution in [0.2, 0.25) is 0 Å². The number of nitrogens with one attached hydrogen (secondary N) is 2. The van der Waals surface area contributed by atoms with Crippen molar-refractivity contribution in [2.75, 3.05) is 18.5 Å². The lowest BCUT2D eigenvalue weighted by atomic mass is 10.1. The van der Waals surface area contributed by atoms with Gasteiger partial charge in [-0.1, -0.05) is 19.1 Å². The zero-order valence-electron chi connectivity index (χ0n) is 19.2. The Morgan fingerprint density at radius 2 is 2.03 bits per heavy atom. The van der Waals surface area contributed by atoms with Gasteiger partial charge in [0, 0.05) is 36.8 Å². The second-order valence-electron chi connectivity index (χ2n) is 8.55. The molecule has 2 aromatic rings. The fourth-order valence-electron chi connectivity index (χ4n) is 3.72. The standard InChI is InChI=1S/C24H36N4O2S/c1-5-23-27-22(16-31-23)18(4)25-24(29)26-20-11-9-19(10-12-20)14-28(17(2)3)15-21-8-6-7-13-30-21/h9-12,16-18,21H,5-8,13-15H2,1-4H3,(H2,25,26,29)/t18-,21-/m0/s1. The molecule has 0 radical (unpaired) electrons. The average Bonchev–Trinajstić information content (AvgIpc) is 3.25. The summed E-state index contributed by atoms with van der Waals surface area (Å²) < 4.78 is 5.93. The molecule has 1 aromatic carbocycles. The molecule has 2 amide bonds. The quantitative estimate of drug-likeness (QED) is 0.546. The van der Waals surface area contributed by atoms with Crippen molar-refractivity contribution in [1.29, 1.82) is 0 Å². The highest BCUT2D eigenvalue weighted by molar-refractivity contribution is 7.09. The van der Waals surface area contributed by atoms with Crippen molar-refractivity contribution in [2.45, 2.75) is 78.1 Å². The van der Waals surface area contributed by atoms with E-state index < -0.39 is 0 Å². The number of carbonyl (C=O) groups excluding carboxylic acids is 1. The second kappa shape index (κ2) is 11.6. The van der Waals surface area contributed by atoms with Gasteiger partial charge in [0.15, 0.2) is 0 Å². The summed E-state index contributed by atoms with van der Waals surface area (Å²) in [6, 6.07) is 8.21. The normalized spacial score (nSPS) is 17.7. The van der Waals surface area contributed by atoms with Gasteiger partial charge >= 0.3 is 6.03 Å². The van der Waals surface area contributed by atoms with Crippen LogP contribution >= 0.6 is 11.3 Å². The third-order valence-electron chi connectivity index (χ3n) is 5.70. The van der Waals surface area contributed by atoms with Crippen molar-refractivity contribution in [3.05, 3.63) is 45.9 Å². The van der Waals surface area contributed by atoms with Gasteiger partial charge in [0.25, 0.3) is 0 Å². The van der Waals surface area contributed by atoms with Crippen LogP contribution in [0.25, 0.3) is 0 Å². The van der Waals surface area contributed by atoms with Gasteiger partial charge in [-0.05, 0) is 64.2 Å². The van der Waals surface area contributed by atoms with Crippen LogP contribution in [0.4, 0.5) is 10.5 Å². The van der Waals surface area contributed by atoms with Gasteiger partial charge in [0.2, 0.25) is 0 Å². The minimum absolute atomic E-state index is 0.127. The van der Waals surface area contributed by atoms with Crippen molar-refractivity contribution in [1.82, 2.24) is 15.2 Å². The maximum Gasteiger partial charge on any atom is 0.319 e. The Balaban J connectivity index is 1.50. The molecule has 2 N–H and O–H groups in total. The summed E-state index contributed by atoms with van der Waals surface area (Å²) in [5.74, 6) is 0. The summed E-state index contributed by atoms with van der Waals surface area (Å²) >= 11 is 1.63. The molecule has 7 heteroatoms. The molecule has 170 valence electrons. The van der Waals surface area contributed by atoms with Crippen LogP contribution in [-0.2, 0) is 17.7 Å². The van der Waals surface area contributed by atoms with Crippen LogP contribution < -0.4 is 10.6 Å². The molecule has 2 atom stereocenters. The lowest BCUT2D eigenvalue weighted by molar-refractivity contribution is -0.0129. The number of urea groups is 1. The predicted octanol–water partition coefficient (Wildman–Crippen LogP) is 5.37. The van der Waals surface area contributed by atoms with E-state index in [1.165, 1.54) is 18.4 Å². The summed E-state index contributed by atoms with van der Waals surface area (Å²) in [6.45, 7) is 11.2. The summed E-state index contributed by atoms with van der Waals surface area (Å²) in [5, 5.41) is 8.99. The first-order chi connectivity index (χ1) is 14.9. The lowest BCUT2D eigenvalue weighted by Gasteiger charge is -2.32. The van der Waals surface area contributed by atoms with Crippen LogP contribution in [0.1, 0.15) is 69.3 Å². The van der Waals surface area contributed by atoms with E-state index in [2.05, 4.69) is 53.4 Å². The molecular formula is C24H36N4O2S. The van der Waals surface area contributed by atoms with Crippen molar-refractivity contribution >= 4 is 23.1 Å². The molecule has 6 nitrogen and oxygen atoms in total. The number of anilines is 1. The van der Waals surface area contributed by atoms with Gasteiger partial charge in [-0.25, -0.2) is 9.78 Å². The number of hydrogen-bond acceptors (Lipinski definition) is 5. The molecule has 1 aromatic heterocycles. The Morgan fingerprint density at radius 1 is 1.26 bits per heavy atom. The Bertz CT molecular complexity index is 815. The Kier molecular flexibility index (Phi) is 8.87. The second-order valence-corrected chi connectivity index (χ2v) is 9.49. The van der Waals surface area contributed by atoms with E-state index in [0.29, 0.717) is 12.1 Å². The number of amides is 2. The third kappa shape index (κ3) is 7.30. The Labute approximate surface area is 190 Å². The maximum absolute atomic E-state index is 12.4. The molecule has 1 saturated heterocycles. The topological polar surface area (TPSA) is 66.5 Å². The van der Waals surface area contributed by atoms with Crippen LogP contribution in [0.15, 0.2) is 29.6 Å². The van der Waals surface area contributed by atoms with E-state index in [-0.39, 0.29) is 12.1 Å². The van der Waals surface area contributed by atoms with E-state index in [1.807, 2.05) is 24.4 Å². The highest BCUT2D eigenvalue weighted by Crippen LogP contribution is 2.19. The van der Waals surface area contributed by atoms with Crippen LogP contribution in [-0.4, -0.2) is 41.2 Å². The van der Waals surface area contributed by atoms with Crippen LogP contribution in [0.3, 0.4) is 0 Å². The molecule has 3 rings (SSSR count). The number of hydrogen-bond donors (Lipinski definition) is 2. The first-order valence-electron chi connectivity index (χ1n) is 11.4. The molecule has 0 bridgehead atoms. The number of aryl methyl sites for hydroxylation is 1. The lowest BCUT2D eigenvalue weighted by Crippen LogP contribution is -2.39. The van der Waals surface area contributed by atoms with Gasteiger partial charge in [0.1, 0.15) is 0 Å². The number of nitrogens with zero attached hydrogens (tertiary/aromatic N) is 2. The van der Waals surface area contributed by atoms with Crippen molar-refractivity contribution < 1.29 is 9.53 Å². The molecule has 0 aliphatic carbocycles. The van der Waals surface area contributed by atoms with Gasteiger partial charge in [-0.3, -0.25) is 4.90 Å². The predicted molar refractivity (Wildman–Crippen MR) is 128 cm³/mol. The van der Waals surface area contributed by atoms with E-state index in [1.54, 1.807) is 11.3 Å².